The molecule has 0 saturated carbocycles. The van der Waals surface area contributed by atoms with Crippen molar-refractivity contribution in [3.8, 4) is 0 Å². The number of hydrazine groups is 1. The first-order valence-electron chi connectivity index (χ1n) is 3.25. The molecule has 0 aromatic heterocycles. The molecule has 66 valence electrons. The highest BCUT2D eigenvalue weighted by Gasteiger charge is 2.20. The average molecular weight is 163 g/mol. The normalized spacial score (nSPS) is 13.5. The maximum atomic E-state index is 10.3. The molecule has 6 N–H and O–H groups in total. The van der Waals surface area contributed by atoms with Gasteiger partial charge in [-0.2, -0.15) is 0 Å². The molecule has 11 heavy (non-hydrogen) atoms. The molecule has 0 bridgehead atoms. The fourth-order valence-corrected chi connectivity index (χ4v) is 0.680. The minimum atomic E-state index is -1.15. The van der Waals surface area contributed by atoms with Crippen molar-refractivity contribution in [2.45, 2.75) is 18.9 Å². The molecule has 0 aromatic rings. The van der Waals surface area contributed by atoms with Crippen LogP contribution in [0, 0.1) is 0 Å². The topological polar surface area (TPSA) is 113 Å². The molecule has 1 atom stereocenters. The first-order chi connectivity index (χ1) is 5.09. The van der Waals surface area contributed by atoms with Crippen LogP contribution in [-0.4, -0.2) is 34.0 Å². The second-order valence-corrected chi connectivity index (χ2v) is 2.16. The molecule has 0 rings (SSSR count). The van der Waals surface area contributed by atoms with Gasteiger partial charge in [-0.15, -0.1) is 5.17 Å². The second-order valence-electron chi connectivity index (χ2n) is 2.16. The second kappa shape index (κ2) is 5.03. The number of carboxylic acids is 1. The van der Waals surface area contributed by atoms with Gasteiger partial charge in [-0.25, -0.2) is 5.84 Å². The standard InChI is InChI=1S/C5H13N3O3/c6-3-1-2-4(5(9)10)8(7)11/h4,11H,1-3,6-7H2,(H,9,10). The third-order valence-electron chi connectivity index (χ3n) is 1.29. The van der Waals surface area contributed by atoms with E-state index in [1.54, 1.807) is 0 Å². The smallest absolute Gasteiger partial charge is 0.324 e. The molecule has 0 aliphatic rings. The lowest BCUT2D eigenvalue weighted by atomic mass is 10.1. The summed E-state index contributed by atoms with van der Waals surface area (Å²) in [6.45, 7) is 0.387. The zero-order valence-corrected chi connectivity index (χ0v) is 6.10. The van der Waals surface area contributed by atoms with Crippen LogP contribution in [-0.2, 0) is 4.79 Å². The van der Waals surface area contributed by atoms with Crippen LogP contribution in [0.4, 0.5) is 0 Å². The van der Waals surface area contributed by atoms with E-state index in [9.17, 15) is 4.79 Å². The van der Waals surface area contributed by atoms with E-state index in [4.69, 9.17) is 21.9 Å². The highest BCUT2D eigenvalue weighted by molar-refractivity contribution is 5.73. The Morgan fingerprint density at radius 1 is 1.64 bits per heavy atom. The number of nitrogens with two attached hydrogens (primary N) is 2. The number of hydroxylamine groups is 1. The van der Waals surface area contributed by atoms with Crippen molar-refractivity contribution < 1.29 is 15.1 Å². The third kappa shape index (κ3) is 3.89. The Morgan fingerprint density at radius 3 is 2.45 bits per heavy atom. The SMILES string of the molecule is NCCCC(C(=O)O)N(N)O. The summed E-state index contributed by atoms with van der Waals surface area (Å²) in [4.78, 5) is 10.3. The number of rotatable bonds is 5. The van der Waals surface area contributed by atoms with Gasteiger partial charge in [0.1, 0.15) is 6.04 Å². The first kappa shape index (κ1) is 10.3. The van der Waals surface area contributed by atoms with E-state index in [-0.39, 0.29) is 11.6 Å². The Hall–Kier alpha value is -0.690. The number of nitrogens with zero attached hydrogens (tertiary/aromatic N) is 1. The van der Waals surface area contributed by atoms with Gasteiger partial charge in [-0.1, -0.05) is 0 Å². The number of hydrogen-bond acceptors (Lipinski definition) is 5. The van der Waals surface area contributed by atoms with Crippen LogP contribution in [0.15, 0.2) is 0 Å². The van der Waals surface area contributed by atoms with E-state index in [1.807, 2.05) is 0 Å². The van der Waals surface area contributed by atoms with Crippen LogP contribution in [0.2, 0.25) is 0 Å². The maximum absolute atomic E-state index is 10.3. The lowest BCUT2D eigenvalue weighted by Crippen LogP contribution is -2.43. The number of carbonyl (C=O) groups is 1. The predicted octanol–water partition coefficient (Wildman–Crippen LogP) is -1.26. The summed E-state index contributed by atoms with van der Waals surface area (Å²) in [7, 11) is 0. The van der Waals surface area contributed by atoms with Crippen molar-refractivity contribution in [1.29, 1.82) is 0 Å². The van der Waals surface area contributed by atoms with E-state index in [2.05, 4.69) is 0 Å². The van der Waals surface area contributed by atoms with Crippen molar-refractivity contribution >= 4 is 5.97 Å². The maximum Gasteiger partial charge on any atom is 0.324 e. The molecular weight excluding hydrogens is 150 g/mol. The summed E-state index contributed by atoms with van der Waals surface area (Å²) in [5.41, 5.74) is 5.14. The summed E-state index contributed by atoms with van der Waals surface area (Å²) in [5, 5.41) is 17.2. The van der Waals surface area contributed by atoms with E-state index in [1.165, 1.54) is 0 Å². The molecule has 0 aromatic carbocycles. The van der Waals surface area contributed by atoms with Gasteiger partial charge in [0.25, 0.3) is 0 Å². The number of hydrogen-bond donors (Lipinski definition) is 4. The third-order valence-corrected chi connectivity index (χ3v) is 1.29. The summed E-state index contributed by atoms with van der Waals surface area (Å²) in [6, 6.07) is -1.06. The van der Waals surface area contributed by atoms with Crippen molar-refractivity contribution in [1.82, 2.24) is 5.17 Å². The molecular formula is C5H13N3O3. The van der Waals surface area contributed by atoms with Gasteiger partial charge in [-0.05, 0) is 19.4 Å². The highest BCUT2D eigenvalue weighted by Crippen LogP contribution is 2.00. The lowest BCUT2D eigenvalue weighted by molar-refractivity contribution is -0.171. The van der Waals surface area contributed by atoms with Gasteiger partial charge in [-0.3, -0.25) is 10.0 Å². The van der Waals surface area contributed by atoms with Crippen LogP contribution in [0.25, 0.3) is 0 Å². The van der Waals surface area contributed by atoms with Crippen LogP contribution in [0.1, 0.15) is 12.8 Å². The number of carboxylic acid groups (broad SMARTS) is 1. The monoisotopic (exact) mass is 163 g/mol. The van der Waals surface area contributed by atoms with Crippen molar-refractivity contribution in [3.05, 3.63) is 0 Å². The quantitative estimate of drug-likeness (QED) is 0.297. The fraction of sp³-hybridized carbons (Fsp3) is 0.800. The van der Waals surface area contributed by atoms with Gasteiger partial charge in [0.2, 0.25) is 0 Å². The van der Waals surface area contributed by atoms with Crippen LogP contribution in [0.5, 0.6) is 0 Å². The zero-order chi connectivity index (χ0) is 8.85. The van der Waals surface area contributed by atoms with E-state index < -0.39 is 12.0 Å². The van der Waals surface area contributed by atoms with E-state index >= 15 is 0 Å². The molecule has 0 aliphatic carbocycles. The van der Waals surface area contributed by atoms with Gasteiger partial charge in [0, 0.05) is 0 Å². The Labute approximate surface area is 64.3 Å². The van der Waals surface area contributed by atoms with E-state index in [0.717, 1.165) is 0 Å². The number of aliphatic carboxylic acids is 1. The minimum absolute atomic E-state index is 0.192. The molecule has 0 aliphatic heterocycles. The van der Waals surface area contributed by atoms with Crippen molar-refractivity contribution in [2.75, 3.05) is 6.54 Å². The lowest BCUT2D eigenvalue weighted by Gasteiger charge is -2.16. The molecule has 0 heterocycles. The van der Waals surface area contributed by atoms with Gasteiger partial charge < -0.3 is 10.8 Å². The average Bonchev–Trinajstić information content (AvgIpc) is 1.87. The molecule has 6 heteroatoms. The first-order valence-corrected chi connectivity index (χ1v) is 3.25. The Morgan fingerprint density at radius 2 is 2.18 bits per heavy atom. The van der Waals surface area contributed by atoms with Gasteiger partial charge >= 0.3 is 5.97 Å². The molecule has 6 nitrogen and oxygen atoms in total. The zero-order valence-electron chi connectivity index (χ0n) is 6.10. The molecule has 1 unspecified atom stereocenters. The summed E-state index contributed by atoms with van der Waals surface area (Å²) in [5.74, 6) is 3.70. The largest absolute Gasteiger partial charge is 0.480 e. The molecule has 0 spiro atoms. The predicted molar refractivity (Wildman–Crippen MR) is 37.5 cm³/mol. The Kier molecular flexibility index (Phi) is 4.71. The fourth-order valence-electron chi connectivity index (χ4n) is 0.680. The van der Waals surface area contributed by atoms with Crippen LogP contribution >= 0.6 is 0 Å². The van der Waals surface area contributed by atoms with Crippen molar-refractivity contribution in [3.63, 3.8) is 0 Å². The Balaban J connectivity index is 3.80. The van der Waals surface area contributed by atoms with E-state index in [0.29, 0.717) is 13.0 Å². The molecule has 0 amide bonds. The highest BCUT2D eigenvalue weighted by atomic mass is 16.5. The van der Waals surface area contributed by atoms with Gasteiger partial charge in [0.05, 0.1) is 0 Å². The van der Waals surface area contributed by atoms with Gasteiger partial charge in [0.15, 0.2) is 0 Å². The minimum Gasteiger partial charge on any atom is -0.480 e. The van der Waals surface area contributed by atoms with Crippen molar-refractivity contribution in [2.24, 2.45) is 11.6 Å². The summed E-state index contributed by atoms with van der Waals surface area (Å²) in [6.07, 6.45) is 0.768. The van der Waals surface area contributed by atoms with Crippen LogP contribution in [0.3, 0.4) is 0 Å². The van der Waals surface area contributed by atoms with Crippen LogP contribution < -0.4 is 11.6 Å². The molecule has 0 saturated heterocycles. The summed E-state index contributed by atoms with van der Waals surface area (Å²) < 4.78 is 0. The summed E-state index contributed by atoms with van der Waals surface area (Å²) >= 11 is 0. The molecule has 0 radical (unpaired) electrons. The Bertz CT molecular complexity index is 128. The molecule has 0 fully saturated rings.